The van der Waals surface area contributed by atoms with Gasteiger partial charge in [-0.3, -0.25) is 0 Å². The monoisotopic (exact) mass is 408 g/mol. The SMILES string of the molecule is Cc1ccc(Nc2nc(NCc3ccccc3Cl)c3ccccc3n2)cc1Cl. The van der Waals surface area contributed by atoms with Crippen molar-refractivity contribution in [2.24, 2.45) is 0 Å². The molecule has 0 saturated heterocycles. The van der Waals surface area contributed by atoms with Crippen LogP contribution in [0.2, 0.25) is 10.0 Å². The molecule has 0 fully saturated rings. The zero-order valence-electron chi connectivity index (χ0n) is 15.2. The van der Waals surface area contributed by atoms with Crippen LogP contribution in [0, 0.1) is 6.92 Å². The number of nitrogens with one attached hydrogen (secondary N) is 2. The van der Waals surface area contributed by atoms with Gasteiger partial charge in [-0.2, -0.15) is 4.98 Å². The van der Waals surface area contributed by atoms with Crippen LogP contribution in [0.25, 0.3) is 10.9 Å². The van der Waals surface area contributed by atoms with Crippen LogP contribution in [0.5, 0.6) is 0 Å². The van der Waals surface area contributed by atoms with Gasteiger partial charge in [-0.25, -0.2) is 4.98 Å². The van der Waals surface area contributed by atoms with E-state index in [-0.39, 0.29) is 0 Å². The smallest absolute Gasteiger partial charge is 0.229 e. The van der Waals surface area contributed by atoms with Crippen molar-refractivity contribution < 1.29 is 0 Å². The Morgan fingerprint density at radius 3 is 2.46 bits per heavy atom. The van der Waals surface area contributed by atoms with Crippen LogP contribution in [-0.2, 0) is 6.54 Å². The quantitative estimate of drug-likeness (QED) is 0.390. The number of benzene rings is 3. The fourth-order valence-corrected chi connectivity index (χ4v) is 3.27. The molecule has 0 amide bonds. The molecule has 0 aliphatic carbocycles. The van der Waals surface area contributed by atoms with Crippen LogP contribution in [-0.4, -0.2) is 9.97 Å². The summed E-state index contributed by atoms with van der Waals surface area (Å²) in [5, 5.41) is 9.00. The number of anilines is 3. The van der Waals surface area contributed by atoms with Crippen molar-refractivity contribution in [3.63, 3.8) is 0 Å². The van der Waals surface area contributed by atoms with E-state index in [0.717, 1.165) is 38.6 Å². The van der Waals surface area contributed by atoms with Gasteiger partial charge in [-0.15, -0.1) is 0 Å². The van der Waals surface area contributed by atoms with E-state index in [1.807, 2.05) is 73.7 Å². The lowest BCUT2D eigenvalue weighted by molar-refractivity contribution is 1.10. The maximum Gasteiger partial charge on any atom is 0.229 e. The molecular weight excluding hydrogens is 391 g/mol. The van der Waals surface area contributed by atoms with E-state index in [0.29, 0.717) is 17.5 Å². The summed E-state index contributed by atoms with van der Waals surface area (Å²) >= 11 is 12.5. The molecule has 6 heteroatoms. The number of fused-ring (bicyclic) bond motifs is 1. The van der Waals surface area contributed by atoms with Crippen molar-refractivity contribution in [3.8, 4) is 0 Å². The van der Waals surface area contributed by atoms with Crippen LogP contribution in [0.15, 0.2) is 66.7 Å². The summed E-state index contributed by atoms with van der Waals surface area (Å²) in [6.45, 7) is 2.53. The van der Waals surface area contributed by atoms with Gasteiger partial charge in [0.15, 0.2) is 0 Å². The minimum Gasteiger partial charge on any atom is -0.365 e. The van der Waals surface area contributed by atoms with Crippen molar-refractivity contribution >= 4 is 51.6 Å². The Balaban J connectivity index is 1.66. The lowest BCUT2D eigenvalue weighted by Crippen LogP contribution is -2.06. The van der Waals surface area contributed by atoms with Gasteiger partial charge in [0.2, 0.25) is 5.95 Å². The van der Waals surface area contributed by atoms with Gasteiger partial charge in [0, 0.05) is 27.7 Å². The van der Waals surface area contributed by atoms with E-state index in [2.05, 4.69) is 20.6 Å². The molecule has 0 atom stereocenters. The summed E-state index contributed by atoms with van der Waals surface area (Å²) in [5.41, 5.74) is 3.71. The standard InChI is InChI=1S/C22H18Cl2N4/c1-14-10-11-16(12-19(14)24)26-22-27-20-9-5-3-7-17(20)21(28-22)25-13-15-6-2-4-8-18(15)23/h2-12H,13H2,1H3,(H2,25,26,27,28). The Morgan fingerprint density at radius 1 is 0.857 bits per heavy atom. The Kier molecular flexibility index (Phi) is 5.33. The molecule has 4 rings (SSSR count). The van der Waals surface area contributed by atoms with Crippen molar-refractivity contribution in [2.75, 3.05) is 10.6 Å². The predicted octanol–water partition coefficient (Wildman–Crippen LogP) is 6.60. The zero-order valence-corrected chi connectivity index (χ0v) is 16.7. The third-order valence-electron chi connectivity index (χ3n) is 4.44. The van der Waals surface area contributed by atoms with Crippen LogP contribution in [0.4, 0.5) is 17.5 Å². The number of aromatic nitrogens is 2. The topological polar surface area (TPSA) is 49.8 Å². The molecule has 28 heavy (non-hydrogen) atoms. The van der Waals surface area contributed by atoms with Gasteiger partial charge in [0.25, 0.3) is 0 Å². The van der Waals surface area contributed by atoms with E-state index in [1.54, 1.807) is 0 Å². The van der Waals surface area contributed by atoms with E-state index in [9.17, 15) is 0 Å². The maximum absolute atomic E-state index is 6.28. The van der Waals surface area contributed by atoms with Crippen molar-refractivity contribution in [1.82, 2.24) is 9.97 Å². The van der Waals surface area contributed by atoms with E-state index >= 15 is 0 Å². The summed E-state index contributed by atoms with van der Waals surface area (Å²) in [4.78, 5) is 9.30. The first-order valence-corrected chi connectivity index (χ1v) is 9.63. The molecule has 0 aliphatic heterocycles. The lowest BCUT2D eigenvalue weighted by atomic mass is 10.2. The van der Waals surface area contributed by atoms with Gasteiger partial charge in [0.1, 0.15) is 5.82 Å². The number of nitrogens with zero attached hydrogens (tertiary/aromatic N) is 2. The summed E-state index contributed by atoms with van der Waals surface area (Å²) in [6.07, 6.45) is 0. The molecular formula is C22H18Cl2N4. The molecule has 0 radical (unpaired) electrons. The summed E-state index contributed by atoms with van der Waals surface area (Å²) < 4.78 is 0. The van der Waals surface area contributed by atoms with Gasteiger partial charge in [-0.05, 0) is 48.4 Å². The lowest BCUT2D eigenvalue weighted by Gasteiger charge is -2.13. The van der Waals surface area contributed by atoms with Gasteiger partial charge in [0.05, 0.1) is 5.52 Å². The fourth-order valence-electron chi connectivity index (χ4n) is 2.89. The van der Waals surface area contributed by atoms with Gasteiger partial charge >= 0.3 is 0 Å². The minimum absolute atomic E-state index is 0.500. The highest BCUT2D eigenvalue weighted by Crippen LogP contribution is 2.26. The highest BCUT2D eigenvalue weighted by molar-refractivity contribution is 6.31. The van der Waals surface area contributed by atoms with Crippen LogP contribution in [0.1, 0.15) is 11.1 Å². The third-order valence-corrected chi connectivity index (χ3v) is 5.21. The second-order valence-electron chi connectivity index (χ2n) is 6.45. The maximum atomic E-state index is 6.28. The number of hydrogen-bond donors (Lipinski definition) is 2. The minimum atomic E-state index is 0.500. The van der Waals surface area contributed by atoms with Crippen molar-refractivity contribution in [3.05, 3.63) is 87.9 Å². The number of halogens is 2. The Hall–Kier alpha value is -2.82. The molecule has 4 nitrogen and oxygen atoms in total. The summed E-state index contributed by atoms with van der Waals surface area (Å²) in [5.74, 6) is 1.24. The van der Waals surface area contributed by atoms with E-state index < -0.39 is 0 Å². The molecule has 0 saturated carbocycles. The highest BCUT2D eigenvalue weighted by Gasteiger charge is 2.09. The van der Waals surface area contributed by atoms with Crippen LogP contribution >= 0.6 is 23.2 Å². The zero-order chi connectivity index (χ0) is 19.5. The van der Waals surface area contributed by atoms with Crippen molar-refractivity contribution in [1.29, 1.82) is 0 Å². The highest BCUT2D eigenvalue weighted by atomic mass is 35.5. The summed E-state index contributed by atoms with van der Waals surface area (Å²) in [7, 11) is 0. The normalized spacial score (nSPS) is 10.8. The molecule has 0 aliphatic rings. The Labute approximate surface area is 173 Å². The number of hydrogen-bond acceptors (Lipinski definition) is 4. The van der Waals surface area contributed by atoms with Crippen LogP contribution in [0.3, 0.4) is 0 Å². The van der Waals surface area contributed by atoms with E-state index in [4.69, 9.17) is 23.2 Å². The number of rotatable bonds is 5. The fraction of sp³-hybridized carbons (Fsp3) is 0.0909. The molecule has 4 aromatic rings. The average molecular weight is 409 g/mol. The molecule has 1 aromatic heterocycles. The van der Waals surface area contributed by atoms with Crippen LogP contribution < -0.4 is 10.6 Å². The number of para-hydroxylation sites is 1. The largest absolute Gasteiger partial charge is 0.365 e. The molecule has 0 spiro atoms. The number of aryl methyl sites for hydroxylation is 1. The van der Waals surface area contributed by atoms with Gasteiger partial charge < -0.3 is 10.6 Å². The second kappa shape index (κ2) is 8.05. The average Bonchev–Trinajstić information content (AvgIpc) is 2.70. The van der Waals surface area contributed by atoms with E-state index in [1.165, 1.54) is 0 Å². The second-order valence-corrected chi connectivity index (χ2v) is 7.26. The predicted molar refractivity (Wildman–Crippen MR) is 118 cm³/mol. The molecule has 0 unspecified atom stereocenters. The first-order chi connectivity index (χ1) is 13.6. The molecule has 3 aromatic carbocycles. The first kappa shape index (κ1) is 18.5. The van der Waals surface area contributed by atoms with Crippen molar-refractivity contribution in [2.45, 2.75) is 13.5 Å². The molecule has 140 valence electrons. The summed E-state index contributed by atoms with van der Waals surface area (Å²) in [6, 6.07) is 21.4. The third kappa shape index (κ3) is 4.03. The van der Waals surface area contributed by atoms with Gasteiger partial charge in [-0.1, -0.05) is 59.6 Å². The Morgan fingerprint density at radius 2 is 1.64 bits per heavy atom. The molecule has 1 heterocycles. The first-order valence-electron chi connectivity index (χ1n) is 8.87. The molecule has 0 bridgehead atoms. The molecule has 2 N–H and O–H groups in total. The Bertz CT molecular complexity index is 1140.